The molecule has 0 bridgehead atoms. The van der Waals surface area contributed by atoms with Crippen LogP contribution < -0.4 is 14.2 Å². The molecule has 0 aliphatic heterocycles. The van der Waals surface area contributed by atoms with Crippen LogP contribution in [0.1, 0.15) is 32.8 Å². The zero-order valence-electron chi connectivity index (χ0n) is 17.2. The molecule has 0 radical (unpaired) electrons. The van der Waals surface area contributed by atoms with Crippen molar-refractivity contribution >= 4 is 21.8 Å². The van der Waals surface area contributed by atoms with E-state index in [1.54, 1.807) is 42.3 Å². The van der Waals surface area contributed by atoms with Crippen molar-refractivity contribution < 1.29 is 22.1 Å². The molecule has 2 aromatic rings. The molecule has 1 atom stereocenters. The van der Waals surface area contributed by atoms with Crippen LogP contribution in [0, 0.1) is 0 Å². The fraction of sp³-hybridized carbons (Fsp3) is 0.381. The molecule has 0 saturated carbocycles. The van der Waals surface area contributed by atoms with Gasteiger partial charge in [0.25, 0.3) is 0 Å². The van der Waals surface area contributed by atoms with Gasteiger partial charge in [-0.05, 0) is 50.1 Å². The largest absolute Gasteiger partial charge is 0.495 e. The lowest BCUT2D eigenvalue weighted by molar-refractivity contribution is 0.187. The second kappa shape index (κ2) is 10.2. The maximum Gasteiger partial charge on any atom is 0.322 e. The van der Waals surface area contributed by atoms with E-state index in [1.807, 2.05) is 32.0 Å². The minimum absolute atomic E-state index is 0.0337. The summed E-state index contributed by atoms with van der Waals surface area (Å²) in [7, 11) is -2.06. The number of methoxy groups -OCH3 is 1. The first kappa shape index (κ1) is 22.5. The Hall–Kier alpha value is -2.74. The second-order valence-corrected chi connectivity index (χ2v) is 8.45. The number of hydrogen-bond acceptors (Lipinski definition) is 5. The van der Waals surface area contributed by atoms with Crippen LogP contribution in [0.25, 0.3) is 0 Å². The minimum Gasteiger partial charge on any atom is -0.495 e. The molecule has 0 aliphatic carbocycles. The Morgan fingerprint density at radius 3 is 2.52 bits per heavy atom. The number of ether oxygens (including phenoxy) is 1. The smallest absolute Gasteiger partial charge is 0.322 e. The summed E-state index contributed by atoms with van der Waals surface area (Å²) in [4.78, 5) is 14.7. The Morgan fingerprint density at radius 2 is 1.86 bits per heavy atom. The van der Waals surface area contributed by atoms with Crippen molar-refractivity contribution in [2.24, 2.45) is 0 Å². The molecule has 0 aliphatic rings. The number of rotatable bonds is 9. The van der Waals surface area contributed by atoms with Gasteiger partial charge in [-0.2, -0.15) is 8.42 Å². The molecule has 0 aromatic heterocycles. The summed E-state index contributed by atoms with van der Waals surface area (Å²) in [6.07, 6.45) is 0.764. The van der Waals surface area contributed by atoms with E-state index in [0.717, 1.165) is 12.0 Å². The minimum atomic E-state index is -3.61. The van der Waals surface area contributed by atoms with Crippen molar-refractivity contribution in [1.29, 1.82) is 0 Å². The first-order valence-corrected chi connectivity index (χ1v) is 11.1. The zero-order chi connectivity index (χ0) is 21.4. The maximum atomic E-state index is 13.0. The van der Waals surface area contributed by atoms with E-state index in [2.05, 4.69) is 5.32 Å². The van der Waals surface area contributed by atoms with Gasteiger partial charge in [0.15, 0.2) is 0 Å². The Bertz CT molecular complexity index is 930. The molecule has 0 saturated heterocycles. The number of anilines is 1. The molecule has 8 heteroatoms. The van der Waals surface area contributed by atoms with Crippen LogP contribution in [-0.2, 0) is 16.7 Å². The summed E-state index contributed by atoms with van der Waals surface area (Å²) in [5, 5.41) is 2.89. The summed E-state index contributed by atoms with van der Waals surface area (Å²) in [5.41, 5.74) is 1.35. The van der Waals surface area contributed by atoms with Gasteiger partial charge in [0.1, 0.15) is 11.5 Å². The van der Waals surface area contributed by atoms with Gasteiger partial charge in [0, 0.05) is 12.6 Å². The fourth-order valence-electron chi connectivity index (χ4n) is 2.68. The molecule has 0 heterocycles. The van der Waals surface area contributed by atoms with Gasteiger partial charge in [-0.15, -0.1) is 0 Å². The summed E-state index contributed by atoms with van der Waals surface area (Å²) in [6.45, 7) is 5.79. The number of amides is 2. The van der Waals surface area contributed by atoms with Crippen molar-refractivity contribution in [1.82, 2.24) is 4.90 Å². The topological polar surface area (TPSA) is 84.9 Å². The van der Waals surface area contributed by atoms with E-state index < -0.39 is 10.1 Å². The number of nitrogens with zero attached hydrogens (tertiary/aromatic N) is 1. The lowest BCUT2D eigenvalue weighted by Gasteiger charge is -2.29. The Morgan fingerprint density at radius 1 is 1.14 bits per heavy atom. The fourth-order valence-corrected chi connectivity index (χ4v) is 3.20. The molecular formula is C21H28N2O5S. The van der Waals surface area contributed by atoms with Crippen molar-refractivity contribution in [2.75, 3.05) is 18.2 Å². The van der Waals surface area contributed by atoms with E-state index in [1.165, 1.54) is 6.92 Å². The number of carbonyl (C=O) groups is 1. The Kier molecular flexibility index (Phi) is 7.90. The van der Waals surface area contributed by atoms with E-state index in [4.69, 9.17) is 8.92 Å². The highest BCUT2D eigenvalue weighted by molar-refractivity contribution is 7.87. The molecule has 29 heavy (non-hydrogen) atoms. The second-order valence-electron chi connectivity index (χ2n) is 6.59. The van der Waals surface area contributed by atoms with Crippen LogP contribution in [0.15, 0.2) is 48.5 Å². The van der Waals surface area contributed by atoms with Crippen LogP contribution in [0.5, 0.6) is 11.5 Å². The van der Waals surface area contributed by atoms with Crippen molar-refractivity contribution in [3.05, 3.63) is 54.1 Å². The molecule has 0 fully saturated rings. The molecular weight excluding hydrogens is 392 g/mol. The normalized spacial score (nSPS) is 12.1. The SMILES string of the molecule is CC[C@@H](C)N(Cc1cccc(OS(=O)(=O)CC)c1)C(=O)Nc1ccccc1OC. The van der Waals surface area contributed by atoms with Crippen LogP contribution in [0.4, 0.5) is 10.5 Å². The van der Waals surface area contributed by atoms with Gasteiger partial charge < -0.3 is 19.1 Å². The number of urea groups is 1. The molecule has 158 valence electrons. The first-order chi connectivity index (χ1) is 13.8. The highest BCUT2D eigenvalue weighted by Crippen LogP contribution is 2.25. The summed E-state index contributed by atoms with van der Waals surface area (Å²) in [5.74, 6) is 0.695. The molecule has 0 unspecified atom stereocenters. The van der Waals surface area contributed by atoms with Crippen LogP contribution in [-0.4, -0.2) is 38.3 Å². The monoisotopic (exact) mass is 420 g/mol. The van der Waals surface area contributed by atoms with Gasteiger partial charge in [-0.3, -0.25) is 0 Å². The lowest BCUT2D eigenvalue weighted by Crippen LogP contribution is -2.40. The van der Waals surface area contributed by atoms with Gasteiger partial charge >= 0.3 is 16.1 Å². The zero-order valence-corrected chi connectivity index (χ0v) is 18.0. The standard InChI is InChI=1S/C21H28N2O5S/c1-5-16(3)23(21(24)22-19-12-7-8-13-20(19)27-4)15-17-10-9-11-18(14-17)28-29(25,26)6-2/h7-14,16H,5-6,15H2,1-4H3,(H,22,24)/t16-/m1/s1. The van der Waals surface area contributed by atoms with Crippen LogP contribution in [0.3, 0.4) is 0 Å². The quantitative estimate of drug-likeness (QED) is 0.613. The van der Waals surface area contributed by atoms with Crippen LogP contribution >= 0.6 is 0 Å². The van der Waals surface area contributed by atoms with Gasteiger partial charge in [0.05, 0.1) is 18.6 Å². The number of benzene rings is 2. The highest BCUT2D eigenvalue weighted by atomic mass is 32.2. The first-order valence-electron chi connectivity index (χ1n) is 9.51. The van der Waals surface area contributed by atoms with E-state index in [0.29, 0.717) is 18.0 Å². The predicted octanol–water partition coefficient (Wildman–Crippen LogP) is 4.26. The van der Waals surface area contributed by atoms with E-state index >= 15 is 0 Å². The predicted molar refractivity (Wildman–Crippen MR) is 114 cm³/mol. The van der Waals surface area contributed by atoms with Crippen molar-refractivity contribution in [3.8, 4) is 11.5 Å². The average Bonchev–Trinajstić information content (AvgIpc) is 2.71. The molecule has 1 N–H and O–H groups in total. The lowest BCUT2D eigenvalue weighted by atomic mass is 10.1. The molecule has 2 rings (SSSR count). The number of hydrogen-bond donors (Lipinski definition) is 1. The third kappa shape index (κ3) is 6.39. The number of carbonyl (C=O) groups excluding carboxylic acids is 1. The average molecular weight is 421 g/mol. The third-order valence-corrected chi connectivity index (χ3v) is 5.71. The highest BCUT2D eigenvalue weighted by Gasteiger charge is 2.21. The third-order valence-electron chi connectivity index (χ3n) is 4.56. The Labute approximate surface area is 172 Å². The molecule has 7 nitrogen and oxygen atoms in total. The van der Waals surface area contributed by atoms with Crippen LogP contribution in [0.2, 0.25) is 0 Å². The van der Waals surface area contributed by atoms with E-state index in [-0.39, 0.29) is 23.6 Å². The summed E-state index contributed by atoms with van der Waals surface area (Å²) < 4.78 is 33.8. The summed E-state index contributed by atoms with van der Waals surface area (Å²) >= 11 is 0. The van der Waals surface area contributed by atoms with E-state index in [9.17, 15) is 13.2 Å². The van der Waals surface area contributed by atoms with Gasteiger partial charge in [0.2, 0.25) is 0 Å². The Balaban J connectivity index is 2.22. The van der Waals surface area contributed by atoms with Gasteiger partial charge in [-0.1, -0.05) is 31.2 Å². The number of nitrogens with one attached hydrogen (secondary N) is 1. The molecule has 0 spiro atoms. The molecule has 2 aromatic carbocycles. The summed E-state index contributed by atoms with van der Waals surface area (Å²) in [6, 6.07) is 13.7. The van der Waals surface area contributed by atoms with Crippen molar-refractivity contribution in [2.45, 2.75) is 39.8 Å². The molecule has 2 amide bonds. The maximum absolute atomic E-state index is 13.0. The number of para-hydroxylation sites is 2. The van der Waals surface area contributed by atoms with Gasteiger partial charge in [-0.25, -0.2) is 4.79 Å². The van der Waals surface area contributed by atoms with Crippen molar-refractivity contribution in [3.63, 3.8) is 0 Å².